The highest BCUT2D eigenvalue weighted by Crippen LogP contribution is 2.23. The Morgan fingerprint density at radius 1 is 1.50 bits per heavy atom. The highest BCUT2D eigenvalue weighted by molar-refractivity contribution is 7.84. The van der Waals surface area contributed by atoms with Crippen LogP contribution in [0.5, 0.6) is 0 Å². The van der Waals surface area contributed by atoms with E-state index in [0.29, 0.717) is 0 Å². The first-order valence-electron chi connectivity index (χ1n) is 7.62. The minimum atomic E-state index is -5.00. The molecule has 1 aromatic rings. The molecule has 2 heterocycles. The molecule has 5 N–H and O–H groups in total. The van der Waals surface area contributed by atoms with Crippen molar-refractivity contribution in [1.82, 2.24) is 9.62 Å². The number of carboxylic acids is 1. The number of nitrogens with one attached hydrogen (secondary N) is 2. The second kappa shape index (κ2) is 7.33. The molecule has 2 atom stereocenters. The van der Waals surface area contributed by atoms with Gasteiger partial charge in [0.25, 0.3) is 11.8 Å². The van der Waals surface area contributed by atoms with E-state index in [9.17, 15) is 27.4 Å². The number of oxime groups is 1. The van der Waals surface area contributed by atoms with Crippen molar-refractivity contribution >= 4 is 50.3 Å². The fraction of sp³-hybridized carbons (Fsp3) is 0.462. The maximum atomic E-state index is 12.6. The van der Waals surface area contributed by atoms with Gasteiger partial charge in [-0.15, -0.1) is 0 Å². The number of nitrogens with zero attached hydrogens (tertiary/aromatic N) is 2. The Hall–Kier alpha value is -2.78. The maximum absolute atomic E-state index is 12.6. The summed E-state index contributed by atoms with van der Waals surface area (Å²) in [7, 11) is -5.00. The molecular weight excluding hydrogens is 418 g/mol. The summed E-state index contributed by atoms with van der Waals surface area (Å²) in [5.74, 6) is -3.41. The lowest BCUT2D eigenvalue weighted by Gasteiger charge is -2.45. The van der Waals surface area contributed by atoms with Crippen LogP contribution in [-0.4, -0.2) is 63.6 Å². The maximum Gasteiger partial charge on any atom is 0.350 e. The Labute approximate surface area is 163 Å². The molecule has 1 aliphatic heterocycles. The first-order chi connectivity index (χ1) is 12.8. The van der Waals surface area contributed by atoms with Crippen molar-refractivity contribution in [2.75, 3.05) is 5.73 Å². The van der Waals surface area contributed by atoms with Crippen LogP contribution in [0.25, 0.3) is 0 Å². The number of hydrogen-bond acceptors (Lipinski definition) is 10. The van der Waals surface area contributed by atoms with E-state index in [2.05, 4.69) is 15.5 Å². The number of amides is 2. The molecule has 0 bridgehead atoms. The third-order valence-electron chi connectivity index (χ3n) is 3.78. The van der Waals surface area contributed by atoms with Gasteiger partial charge in [0.2, 0.25) is 11.3 Å². The van der Waals surface area contributed by atoms with E-state index in [1.54, 1.807) is 0 Å². The lowest BCUT2D eigenvalue weighted by molar-refractivity contribution is -0.356. The van der Waals surface area contributed by atoms with Gasteiger partial charge < -0.3 is 19.8 Å². The fourth-order valence-electron chi connectivity index (χ4n) is 2.14. The summed E-state index contributed by atoms with van der Waals surface area (Å²) < 4.78 is 33.2. The van der Waals surface area contributed by atoms with E-state index in [4.69, 9.17) is 15.7 Å². The number of carbonyl (C=O) groups excluding carboxylic acids is 2. The number of β-lactam (4-membered cyclic amide) rings is 1. The second-order valence-electron chi connectivity index (χ2n) is 6.27. The summed E-state index contributed by atoms with van der Waals surface area (Å²) in [6.07, 6.45) is 0. The standard InChI is InChI=1S/C13H17N5O8S2/c1-5-7(10(20)18(5)28(23,24)25)16-9(19)8(6-4-27-12(14)15-6)17-26-13(2,3)11(21)22/h4-5,7H,1-3H3,(H2,14,15)(H,16,19)(H,21,22)(H,23,24,25). The molecule has 2 rings (SSSR count). The van der Waals surface area contributed by atoms with E-state index < -0.39 is 51.5 Å². The Bertz CT molecular complexity index is 954. The van der Waals surface area contributed by atoms with Gasteiger partial charge in [-0.1, -0.05) is 16.5 Å². The van der Waals surface area contributed by atoms with Gasteiger partial charge >= 0.3 is 11.1 Å². The summed E-state index contributed by atoms with van der Waals surface area (Å²) in [5, 5.41) is 16.5. The lowest BCUT2D eigenvalue weighted by atomic mass is 10.0. The molecule has 2 amide bonds. The Morgan fingerprint density at radius 2 is 2.11 bits per heavy atom. The van der Waals surface area contributed by atoms with Crippen LogP contribution in [0.15, 0.2) is 10.5 Å². The number of aromatic amines is 1. The molecule has 1 aromatic heterocycles. The van der Waals surface area contributed by atoms with Gasteiger partial charge in [-0.05, 0) is 20.8 Å². The fourth-order valence-corrected chi connectivity index (χ4v) is 3.59. The van der Waals surface area contributed by atoms with Crippen molar-refractivity contribution < 1.29 is 42.3 Å². The average Bonchev–Trinajstić information content (AvgIpc) is 2.97. The number of carboxylic acid groups (broad SMARTS) is 1. The van der Waals surface area contributed by atoms with Gasteiger partial charge in [0.1, 0.15) is 6.04 Å². The average molecular weight is 435 g/mol. The molecule has 0 radical (unpaired) electrons. The molecule has 0 spiro atoms. The minimum Gasteiger partial charge on any atom is -0.731 e. The molecule has 0 saturated carbocycles. The third-order valence-corrected chi connectivity index (χ3v) is 5.48. The van der Waals surface area contributed by atoms with Crippen LogP contribution in [0.3, 0.4) is 0 Å². The van der Waals surface area contributed by atoms with Crippen LogP contribution in [0.1, 0.15) is 26.5 Å². The Morgan fingerprint density at radius 3 is 2.54 bits per heavy atom. The molecule has 15 heteroatoms. The second-order valence-corrected chi connectivity index (χ2v) is 8.43. The summed E-state index contributed by atoms with van der Waals surface area (Å²) in [4.78, 5) is 43.1. The zero-order valence-corrected chi connectivity index (χ0v) is 16.5. The topological polar surface area (TPSA) is 206 Å². The number of anilines is 1. The number of H-pyrrole nitrogens is 1. The summed E-state index contributed by atoms with van der Waals surface area (Å²) in [5.41, 5.74) is 3.46. The number of aromatic nitrogens is 1. The Balaban J connectivity index is 2.26. The predicted molar refractivity (Wildman–Crippen MR) is 92.6 cm³/mol. The quantitative estimate of drug-likeness (QED) is 0.185. The first-order valence-corrected chi connectivity index (χ1v) is 9.86. The molecule has 154 valence electrons. The molecule has 13 nitrogen and oxygen atoms in total. The van der Waals surface area contributed by atoms with Crippen molar-refractivity contribution in [2.24, 2.45) is 5.16 Å². The van der Waals surface area contributed by atoms with Gasteiger partial charge in [0, 0.05) is 5.38 Å². The zero-order valence-electron chi connectivity index (χ0n) is 14.8. The van der Waals surface area contributed by atoms with Gasteiger partial charge in [0.15, 0.2) is 16.0 Å². The molecular formula is C13H17N5O8S2. The number of thiazole rings is 1. The van der Waals surface area contributed by atoms with Crippen LogP contribution in [-0.2, 0) is 29.5 Å². The highest BCUT2D eigenvalue weighted by atomic mass is 32.2. The number of nitrogen functional groups attached to an aromatic ring is 1. The summed E-state index contributed by atoms with van der Waals surface area (Å²) in [6, 6.07) is -2.39. The van der Waals surface area contributed by atoms with E-state index in [-0.39, 0.29) is 15.1 Å². The molecule has 0 aromatic carbocycles. The van der Waals surface area contributed by atoms with E-state index in [1.807, 2.05) is 0 Å². The number of nitrogens with two attached hydrogens (primary N) is 1. The van der Waals surface area contributed by atoms with Crippen LogP contribution < -0.4 is 16.0 Å². The van der Waals surface area contributed by atoms with Crippen molar-refractivity contribution in [3.05, 3.63) is 11.1 Å². The molecule has 1 fully saturated rings. The van der Waals surface area contributed by atoms with Crippen molar-refractivity contribution in [1.29, 1.82) is 0 Å². The Kier molecular flexibility index (Phi) is 5.63. The molecule has 2 unspecified atom stereocenters. The smallest absolute Gasteiger partial charge is 0.350 e. The van der Waals surface area contributed by atoms with Gasteiger partial charge in [-0.2, -0.15) is 0 Å². The number of rotatable bonds is 7. The molecule has 28 heavy (non-hydrogen) atoms. The van der Waals surface area contributed by atoms with Crippen molar-refractivity contribution in [3.8, 4) is 0 Å². The van der Waals surface area contributed by atoms with Gasteiger partial charge in [-0.3, -0.25) is 15.3 Å². The third kappa shape index (κ3) is 4.20. The van der Waals surface area contributed by atoms with E-state index in [1.165, 1.54) is 26.2 Å². The lowest BCUT2D eigenvalue weighted by Crippen LogP contribution is -2.71. The van der Waals surface area contributed by atoms with Gasteiger partial charge in [0.05, 0.1) is 6.04 Å². The monoisotopic (exact) mass is 435 g/mol. The zero-order chi connectivity index (χ0) is 21.4. The molecule has 0 aliphatic carbocycles. The van der Waals surface area contributed by atoms with Crippen LogP contribution in [0, 0.1) is 0 Å². The van der Waals surface area contributed by atoms with Crippen LogP contribution in [0.4, 0.5) is 5.13 Å². The first kappa shape index (κ1) is 21.5. The van der Waals surface area contributed by atoms with E-state index >= 15 is 0 Å². The minimum absolute atomic E-state index is 0.0777. The highest BCUT2D eigenvalue weighted by Gasteiger charge is 2.49. The van der Waals surface area contributed by atoms with Crippen molar-refractivity contribution in [2.45, 2.75) is 38.5 Å². The van der Waals surface area contributed by atoms with Crippen LogP contribution in [0.2, 0.25) is 0 Å². The largest absolute Gasteiger partial charge is 0.731 e. The summed E-state index contributed by atoms with van der Waals surface area (Å²) in [6.45, 7) is 3.67. The predicted octanol–water partition coefficient (Wildman–Crippen LogP) is -2.10. The molecule has 1 aliphatic rings. The number of hydrogen-bond donors (Lipinski definition) is 3. The van der Waals surface area contributed by atoms with E-state index in [0.717, 1.165) is 11.3 Å². The van der Waals surface area contributed by atoms with Gasteiger partial charge in [-0.25, -0.2) is 22.5 Å². The normalized spacial score (nSPS) is 20.5. The SMILES string of the molecule is CC1C(NC(=O)C(=NOC(C)(C)C(=O)O)c2csc(N)[nH+]2)C(=O)N1S(=O)(=O)[O-]. The number of carbonyl (C=O) groups is 3. The summed E-state index contributed by atoms with van der Waals surface area (Å²) >= 11 is 1.03. The number of aliphatic carboxylic acids is 1. The van der Waals surface area contributed by atoms with Crippen LogP contribution >= 0.6 is 11.3 Å². The van der Waals surface area contributed by atoms with Crippen molar-refractivity contribution in [3.63, 3.8) is 0 Å². The molecule has 1 saturated heterocycles.